The second-order valence-electron chi connectivity index (χ2n) is 5.31. The molecule has 0 aliphatic carbocycles. The Balaban J connectivity index is 1.73. The molecule has 132 valence electrons. The molecule has 0 saturated carbocycles. The Morgan fingerprint density at radius 3 is 2.38 bits per heavy atom. The standard InChI is InChI=1S/C19H15F2N3O2/c1-26-16-8-3-2-5-13(16)19(25)24-17-10-9-12(11-22-17)23-18-14(20)6-4-7-15(18)21/h2-11,23H,1H3,(H,22,24,25). The first-order valence-corrected chi connectivity index (χ1v) is 7.70. The molecule has 2 N–H and O–H groups in total. The van der Waals surface area contributed by atoms with Crippen molar-refractivity contribution >= 4 is 23.1 Å². The summed E-state index contributed by atoms with van der Waals surface area (Å²) in [6.45, 7) is 0. The Bertz CT molecular complexity index is 910. The van der Waals surface area contributed by atoms with E-state index in [0.29, 0.717) is 22.8 Å². The zero-order valence-corrected chi connectivity index (χ0v) is 13.8. The highest BCUT2D eigenvalue weighted by Gasteiger charge is 2.13. The van der Waals surface area contributed by atoms with E-state index in [0.717, 1.165) is 12.1 Å². The smallest absolute Gasteiger partial charge is 0.260 e. The normalized spacial score (nSPS) is 10.3. The summed E-state index contributed by atoms with van der Waals surface area (Å²) in [5, 5.41) is 5.27. The minimum atomic E-state index is -0.710. The van der Waals surface area contributed by atoms with E-state index in [9.17, 15) is 13.6 Å². The van der Waals surface area contributed by atoms with Gasteiger partial charge in [-0.25, -0.2) is 13.8 Å². The number of nitrogens with zero attached hydrogens (tertiary/aromatic N) is 1. The number of rotatable bonds is 5. The van der Waals surface area contributed by atoms with Gasteiger partial charge in [-0.15, -0.1) is 0 Å². The SMILES string of the molecule is COc1ccccc1C(=O)Nc1ccc(Nc2c(F)cccc2F)cn1. The molecular weight excluding hydrogens is 340 g/mol. The average molecular weight is 355 g/mol. The van der Waals surface area contributed by atoms with Gasteiger partial charge in [0.1, 0.15) is 28.9 Å². The summed E-state index contributed by atoms with van der Waals surface area (Å²) in [5.74, 6) is -1.06. The molecule has 1 amide bonds. The van der Waals surface area contributed by atoms with E-state index in [1.807, 2.05) is 0 Å². The van der Waals surface area contributed by atoms with E-state index in [4.69, 9.17) is 4.74 Å². The summed E-state index contributed by atoms with van der Waals surface area (Å²) in [7, 11) is 1.48. The molecule has 1 aromatic heterocycles. The lowest BCUT2D eigenvalue weighted by atomic mass is 10.2. The van der Waals surface area contributed by atoms with E-state index in [1.165, 1.54) is 25.4 Å². The highest BCUT2D eigenvalue weighted by Crippen LogP contribution is 2.23. The average Bonchev–Trinajstić information content (AvgIpc) is 2.66. The summed E-state index contributed by atoms with van der Waals surface area (Å²) in [5.41, 5.74) is 0.483. The van der Waals surface area contributed by atoms with Crippen molar-refractivity contribution in [3.63, 3.8) is 0 Å². The van der Waals surface area contributed by atoms with Crippen molar-refractivity contribution in [2.75, 3.05) is 17.7 Å². The second kappa shape index (κ2) is 7.60. The number of nitrogens with one attached hydrogen (secondary N) is 2. The van der Waals surface area contributed by atoms with E-state index in [-0.39, 0.29) is 11.6 Å². The van der Waals surface area contributed by atoms with Gasteiger partial charge >= 0.3 is 0 Å². The fourth-order valence-corrected chi connectivity index (χ4v) is 2.32. The molecule has 0 spiro atoms. The summed E-state index contributed by atoms with van der Waals surface area (Å²) in [6.07, 6.45) is 1.36. The Morgan fingerprint density at radius 2 is 1.73 bits per heavy atom. The van der Waals surface area contributed by atoms with Gasteiger partial charge in [-0.3, -0.25) is 4.79 Å². The van der Waals surface area contributed by atoms with Crippen LogP contribution in [-0.2, 0) is 0 Å². The highest BCUT2D eigenvalue weighted by molar-refractivity contribution is 6.05. The third-order valence-electron chi connectivity index (χ3n) is 3.59. The summed E-state index contributed by atoms with van der Waals surface area (Å²) in [6, 6.07) is 13.5. The van der Waals surface area contributed by atoms with E-state index in [1.54, 1.807) is 30.3 Å². The topological polar surface area (TPSA) is 63.2 Å². The summed E-state index contributed by atoms with van der Waals surface area (Å²) in [4.78, 5) is 16.4. The van der Waals surface area contributed by atoms with Crippen LogP contribution in [0.15, 0.2) is 60.8 Å². The van der Waals surface area contributed by atoms with Crippen LogP contribution in [0.2, 0.25) is 0 Å². The number of amides is 1. The van der Waals surface area contributed by atoms with Gasteiger partial charge in [-0.1, -0.05) is 18.2 Å². The molecule has 0 aliphatic heterocycles. The van der Waals surface area contributed by atoms with Gasteiger partial charge in [0.15, 0.2) is 0 Å². The number of para-hydroxylation sites is 2. The highest BCUT2D eigenvalue weighted by atomic mass is 19.1. The zero-order chi connectivity index (χ0) is 18.5. The monoisotopic (exact) mass is 355 g/mol. The lowest BCUT2D eigenvalue weighted by Crippen LogP contribution is -2.14. The molecule has 2 aromatic carbocycles. The Labute approximate surface area is 148 Å². The number of benzene rings is 2. The van der Waals surface area contributed by atoms with Gasteiger partial charge in [0.2, 0.25) is 0 Å². The number of ether oxygens (including phenoxy) is 1. The molecule has 7 heteroatoms. The second-order valence-corrected chi connectivity index (χ2v) is 5.31. The van der Waals surface area contributed by atoms with Crippen molar-refractivity contribution in [2.45, 2.75) is 0 Å². The van der Waals surface area contributed by atoms with Gasteiger partial charge in [0, 0.05) is 0 Å². The van der Waals surface area contributed by atoms with Gasteiger partial charge in [-0.2, -0.15) is 0 Å². The number of pyridine rings is 1. The fourth-order valence-electron chi connectivity index (χ4n) is 2.32. The number of hydrogen-bond acceptors (Lipinski definition) is 4. The van der Waals surface area contributed by atoms with E-state index in [2.05, 4.69) is 15.6 Å². The maximum atomic E-state index is 13.7. The van der Waals surface area contributed by atoms with Crippen LogP contribution in [0.4, 0.5) is 26.0 Å². The zero-order valence-electron chi connectivity index (χ0n) is 13.8. The number of halogens is 2. The van der Waals surface area contributed by atoms with Gasteiger partial charge in [0.25, 0.3) is 5.91 Å². The molecule has 0 saturated heterocycles. The lowest BCUT2D eigenvalue weighted by molar-refractivity contribution is 0.102. The van der Waals surface area contributed by atoms with Crippen molar-refractivity contribution in [2.24, 2.45) is 0 Å². The Morgan fingerprint density at radius 1 is 1.00 bits per heavy atom. The third-order valence-corrected chi connectivity index (χ3v) is 3.59. The van der Waals surface area contributed by atoms with Crippen LogP contribution in [0.25, 0.3) is 0 Å². The quantitative estimate of drug-likeness (QED) is 0.714. The molecule has 0 atom stereocenters. The maximum absolute atomic E-state index is 13.7. The summed E-state index contributed by atoms with van der Waals surface area (Å²) >= 11 is 0. The number of carbonyl (C=O) groups is 1. The predicted octanol–water partition coefficient (Wildman–Crippen LogP) is 4.36. The Kier molecular flexibility index (Phi) is 5.07. The van der Waals surface area contributed by atoms with Crippen molar-refractivity contribution in [1.82, 2.24) is 4.98 Å². The maximum Gasteiger partial charge on any atom is 0.260 e. The van der Waals surface area contributed by atoms with Crippen LogP contribution in [0, 0.1) is 11.6 Å². The summed E-state index contributed by atoms with van der Waals surface area (Å²) < 4.78 is 32.5. The van der Waals surface area contributed by atoms with Crippen molar-refractivity contribution < 1.29 is 18.3 Å². The Hall–Kier alpha value is -3.48. The van der Waals surface area contributed by atoms with Crippen molar-refractivity contribution in [3.05, 3.63) is 78.0 Å². The van der Waals surface area contributed by atoms with Gasteiger partial charge in [-0.05, 0) is 36.4 Å². The largest absolute Gasteiger partial charge is 0.496 e. The van der Waals surface area contributed by atoms with Crippen LogP contribution in [-0.4, -0.2) is 18.0 Å². The number of anilines is 3. The number of hydrogen-bond donors (Lipinski definition) is 2. The van der Waals surface area contributed by atoms with E-state index < -0.39 is 11.6 Å². The molecule has 5 nitrogen and oxygen atoms in total. The van der Waals surface area contributed by atoms with Crippen molar-refractivity contribution in [3.8, 4) is 5.75 Å². The van der Waals surface area contributed by atoms with Crippen molar-refractivity contribution in [1.29, 1.82) is 0 Å². The molecule has 0 fully saturated rings. The predicted molar refractivity (Wildman–Crippen MR) is 94.8 cm³/mol. The number of methoxy groups -OCH3 is 1. The van der Waals surface area contributed by atoms with Crippen LogP contribution >= 0.6 is 0 Å². The number of aromatic nitrogens is 1. The molecule has 3 rings (SSSR count). The first-order chi connectivity index (χ1) is 12.6. The molecule has 0 radical (unpaired) electrons. The molecule has 0 unspecified atom stereocenters. The first kappa shape index (κ1) is 17.3. The molecule has 1 heterocycles. The van der Waals surface area contributed by atoms with Crippen LogP contribution < -0.4 is 15.4 Å². The molecule has 26 heavy (non-hydrogen) atoms. The lowest BCUT2D eigenvalue weighted by Gasteiger charge is -2.10. The first-order valence-electron chi connectivity index (χ1n) is 7.70. The van der Waals surface area contributed by atoms with Gasteiger partial charge < -0.3 is 15.4 Å². The molecule has 0 bridgehead atoms. The molecule has 0 aliphatic rings. The fraction of sp³-hybridized carbons (Fsp3) is 0.0526. The van der Waals surface area contributed by atoms with Crippen LogP contribution in [0.1, 0.15) is 10.4 Å². The number of carbonyl (C=O) groups excluding carboxylic acids is 1. The van der Waals surface area contributed by atoms with Crippen LogP contribution in [0.5, 0.6) is 5.75 Å². The minimum absolute atomic E-state index is 0.264. The van der Waals surface area contributed by atoms with Crippen LogP contribution in [0.3, 0.4) is 0 Å². The molecular formula is C19H15F2N3O2. The third kappa shape index (κ3) is 3.77. The minimum Gasteiger partial charge on any atom is -0.496 e. The van der Waals surface area contributed by atoms with Gasteiger partial charge in [0.05, 0.1) is 24.6 Å². The van der Waals surface area contributed by atoms with E-state index >= 15 is 0 Å². The molecule has 3 aromatic rings.